The van der Waals surface area contributed by atoms with E-state index in [1.54, 1.807) is 18.5 Å². The average Bonchev–Trinajstić information content (AvgIpc) is 2.05. The fourth-order valence-corrected chi connectivity index (χ4v) is 0.837. The monoisotopic (exact) mass is 148 g/mol. The SMILES string of the molecule is C=Cc1cncc([C@@H](C)N)c1. The van der Waals surface area contributed by atoms with Crippen LogP contribution >= 0.6 is 0 Å². The molecule has 58 valence electrons. The van der Waals surface area contributed by atoms with Gasteiger partial charge in [0.2, 0.25) is 0 Å². The number of nitrogens with zero attached hydrogens (tertiary/aromatic N) is 1. The molecule has 2 heteroatoms. The molecule has 0 saturated heterocycles. The predicted molar refractivity (Wildman–Crippen MR) is 46.9 cm³/mol. The van der Waals surface area contributed by atoms with Crippen LogP contribution in [-0.2, 0) is 0 Å². The van der Waals surface area contributed by atoms with Crippen LogP contribution in [-0.4, -0.2) is 4.98 Å². The summed E-state index contributed by atoms with van der Waals surface area (Å²) in [6, 6.07) is 2.03. The Labute approximate surface area is 66.8 Å². The molecule has 1 aromatic heterocycles. The topological polar surface area (TPSA) is 38.9 Å². The van der Waals surface area contributed by atoms with Gasteiger partial charge in [-0.2, -0.15) is 0 Å². The van der Waals surface area contributed by atoms with E-state index in [2.05, 4.69) is 11.6 Å². The van der Waals surface area contributed by atoms with Crippen molar-refractivity contribution < 1.29 is 0 Å². The zero-order chi connectivity index (χ0) is 8.27. The second-order valence-corrected chi connectivity index (χ2v) is 2.54. The smallest absolute Gasteiger partial charge is 0.0340 e. The van der Waals surface area contributed by atoms with Crippen molar-refractivity contribution in [2.24, 2.45) is 5.73 Å². The summed E-state index contributed by atoms with van der Waals surface area (Å²) in [5, 5.41) is 0. The average molecular weight is 148 g/mol. The number of hydrogen-bond acceptors (Lipinski definition) is 2. The van der Waals surface area contributed by atoms with E-state index in [1.807, 2.05) is 13.0 Å². The fraction of sp³-hybridized carbons (Fsp3) is 0.222. The third-order valence-electron chi connectivity index (χ3n) is 1.54. The molecule has 0 unspecified atom stereocenters. The van der Waals surface area contributed by atoms with Crippen LogP contribution in [0.5, 0.6) is 0 Å². The van der Waals surface area contributed by atoms with Crippen LogP contribution < -0.4 is 5.73 Å². The summed E-state index contributed by atoms with van der Waals surface area (Å²) in [4.78, 5) is 4.03. The summed E-state index contributed by atoms with van der Waals surface area (Å²) in [6.45, 7) is 5.58. The van der Waals surface area contributed by atoms with Gasteiger partial charge in [0, 0.05) is 18.4 Å². The molecular formula is C9H12N2. The molecule has 0 aromatic carbocycles. The third kappa shape index (κ3) is 1.88. The molecule has 0 aliphatic heterocycles. The summed E-state index contributed by atoms with van der Waals surface area (Å²) >= 11 is 0. The first-order chi connectivity index (χ1) is 5.24. The van der Waals surface area contributed by atoms with Crippen molar-refractivity contribution in [3.8, 4) is 0 Å². The first kappa shape index (κ1) is 7.95. The van der Waals surface area contributed by atoms with Crippen LogP contribution in [0.2, 0.25) is 0 Å². The Hall–Kier alpha value is -1.15. The fourth-order valence-electron chi connectivity index (χ4n) is 0.837. The summed E-state index contributed by atoms with van der Waals surface area (Å²) < 4.78 is 0. The van der Waals surface area contributed by atoms with Crippen molar-refractivity contribution in [3.63, 3.8) is 0 Å². The highest BCUT2D eigenvalue weighted by atomic mass is 14.7. The highest BCUT2D eigenvalue weighted by Gasteiger charge is 1.98. The number of rotatable bonds is 2. The van der Waals surface area contributed by atoms with Crippen molar-refractivity contribution in [2.75, 3.05) is 0 Å². The predicted octanol–water partition coefficient (Wildman–Crippen LogP) is 1.74. The summed E-state index contributed by atoms with van der Waals surface area (Å²) in [7, 11) is 0. The van der Waals surface area contributed by atoms with Crippen LogP contribution in [0.3, 0.4) is 0 Å². The van der Waals surface area contributed by atoms with Gasteiger partial charge in [-0.25, -0.2) is 0 Å². The van der Waals surface area contributed by atoms with Gasteiger partial charge in [-0.15, -0.1) is 0 Å². The lowest BCUT2D eigenvalue weighted by molar-refractivity contribution is 0.811. The Morgan fingerprint density at radius 3 is 2.91 bits per heavy atom. The molecule has 0 bridgehead atoms. The normalized spacial score (nSPS) is 12.5. The maximum atomic E-state index is 5.66. The Bertz CT molecular complexity index is 253. The lowest BCUT2D eigenvalue weighted by atomic mass is 10.1. The summed E-state index contributed by atoms with van der Waals surface area (Å²) in [5.74, 6) is 0. The molecule has 0 radical (unpaired) electrons. The van der Waals surface area contributed by atoms with Crippen LogP contribution in [0, 0.1) is 0 Å². The van der Waals surface area contributed by atoms with E-state index >= 15 is 0 Å². The van der Waals surface area contributed by atoms with Crippen LogP contribution in [0.4, 0.5) is 0 Å². The van der Waals surface area contributed by atoms with Gasteiger partial charge in [0.05, 0.1) is 0 Å². The first-order valence-electron chi connectivity index (χ1n) is 3.57. The van der Waals surface area contributed by atoms with Crippen molar-refractivity contribution in [2.45, 2.75) is 13.0 Å². The van der Waals surface area contributed by atoms with Gasteiger partial charge in [-0.1, -0.05) is 12.7 Å². The Balaban J connectivity index is 3.00. The minimum Gasteiger partial charge on any atom is -0.324 e. The van der Waals surface area contributed by atoms with Crippen molar-refractivity contribution in [1.29, 1.82) is 0 Å². The summed E-state index contributed by atoms with van der Waals surface area (Å²) in [5.41, 5.74) is 7.72. The molecule has 1 rings (SSSR count). The van der Waals surface area contributed by atoms with E-state index in [4.69, 9.17) is 5.73 Å². The van der Waals surface area contributed by atoms with Gasteiger partial charge in [0.1, 0.15) is 0 Å². The second kappa shape index (κ2) is 3.30. The largest absolute Gasteiger partial charge is 0.324 e. The lowest BCUT2D eigenvalue weighted by Crippen LogP contribution is -2.05. The highest BCUT2D eigenvalue weighted by Crippen LogP contribution is 2.09. The van der Waals surface area contributed by atoms with Crippen LogP contribution in [0.1, 0.15) is 24.1 Å². The molecule has 0 aliphatic rings. The second-order valence-electron chi connectivity index (χ2n) is 2.54. The minimum absolute atomic E-state index is 0.0439. The third-order valence-corrected chi connectivity index (χ3v) is 1.54. The van der Waals surface area contributed by atoms with Gasteiger partial charge in [0.25, 0.3) is 0 Å². The highest BCUT2D eigenvalue weighted by molar-refractivity contribution is 5.46. The molecular weight excluding hydrogens is 136 g/mol. The van der Waals surface area contributed by atoms with Crippen LogP contribution in [0.25, 0.3) is 6.08 Å². The van der Waals surface area contributed by atoms with Crippen molar-refractivity contribution in [1.82, 2.24) is 4.98 Å². The molecule has 0 fully saturated rings. The molecule has 1 atom stereocenters. The molecule has 0 aliphatic carbocycles. The van der Waals surface area contributed by atoms with Crippen LogP contribution in [0.15, 0.2) is 25.0 Å². The molecule has 2 nitrogen and oxygen atoms in total. The Kier molecular flexibility index (Phi) is 2.39. The molecule has 1 aromatic rings. The van der Waals surface area contributed by atoms with Gasteiger partial charge in [-0.3, -0.25) is 4.98 Å². The molecule has 0 spiro atoms. The molecule has 2 N–H and O–H groups in total. The zero-order valence-electron chi connectivity index (χ0n) is 6.62. The van der Waals surface area contributed by atoms with Gasteiger partial charge >= 0.3 is 0 Å². The maximum absolute atomic E-state index is 5.66. The van der Waals surface area contributed by atoms with E-state index in [-0.39, 0.29) is 6.04 Å². The van der Waals surface area contributed by atoms with E-state index in [0.717, 1.165) is 11.1 Å². The minimum atomic E-state index is 0.0439. The first-order valence-corrected chi connectivity index (χ1v) is 3.57. The molecule has 0 saturated carbocycles. The lowest BCUT2D eigenvalue weighted by Gasteiger charge is -2.04. The van der Waals surface area contributed by atoms with Gasteiger partial charge in [0.15, 0.2) is 0 Å². The van der Waals surface area contributed by atoms with E-state index in [9.17, 15) is 0 Å². The quantitative estimate of drug-likeness (QED) is 0.693. The molecule has 11 heavy (non-hydrogen) atoms. The molecule has 1 heterocycles. The number of hydrogen-bond donors (Lipinski definition) is 1. The van der Waals surface area contributed by atoms with Crippen molar-refractivity contribution in [3.05, 3.63) is 36.2 Å². The Morgan fingerprint density at radius 2 is 2.36 bits per heavy atom. The Morgan fingerprint density at radius 1 is 1.64 bits per heavy atom. The van der Waals surface area contributed by atoms with E-state index in [0.29, 0.717) is 0 Å². The maximum Gasteiger partial charge on any atom is 0.0340 e. The standard InChI is InChI=1S/C9H12N2/c1-3-8-4-9(7(2)10)6-11-5-8/h3-7H,1,10H2,2H3/t7-/m1/s1. The van der Waals surface area contributed by atoms with E-state index < -0.39 is 0 Å². The number of pyridine rings is 1. The number of nitrogens with two attached hydrogens (primary N) is 1. The number of aromatic nitrogens is 1. The van der Waals surface area contributed by atoms with E-state index in [1.165, 1.54) is 0 Å². The molecule has 0 amide bonds. The van der Waals surface area contributed by atoms with Gasteiger partial charge < -0.3 is 5.73 Å². The summed E-state index contributed by atoms with van der Waals surface area (Å²) in [6.07, 6.45) is 5.30. The van der Waals surface area contributed by atoms with Crippen molar-refractivity contribution >= 4 is 6.08 Å². The zero-order valence-corrected chi connectivity index (χ0v) is 6.62. The van der Waals surface area contributed by atoms with Gasteiger partial charge in [-0.05, 0) is 24.1 Å².